The van der Waals surface area contributed by atoms with Gasteiger partial charge in [-0.25, -0.2) is 0 Å². The molecule has 0 radical (unpaired) electrons. The van der Waals surface area contributed by atoms with Gasteiger partial charge in [0.05, 0.1) is 6.10 Å². The molecule has 1 N–H and O–H groups in total. The maximum atomic E-state index is 9.80. The van der Waals surface area contributed by atoms with Crippen LogP contribution in [0.5, 0.6) is 0 Å². The molecule has 0 amide bonds. The minimum absolute atomic E-state index is 0.386. The Bertz CT molecular complexity index is 253. The van der Waals surface area contributed by atoms with E-state index < -0.39 is 0 Å². The van der Waals surface area contributed by atoms with Crippen LogP contribution in [0.4, 0.5) is 0 Å². The first-order chi connectivity index (χ1) is 6.74. The second kappa shape index (κ2) is 6.04. The molecule has 0 aromatic carbocycles. The van der Waals surface area contributed by atoms with Gasteiger partial charge in [-0.1, -0.05) is 19.9 Å². The molecule has 1 aromatic rings. The molecule has 0 bridgehead atoms. The summed E-state index contributed by atoms with van der Waals surface area (Å²) in [5.74, 6) is 0.751. The highest BCUT2D eigenvalue weighted by Crippen LogP contribution is 2.21. The van der Waals surface area contributed by atoms with Crippen molar-refractivity contribution in [3.8, 4) is 0 Å². The molecule has 0 spiro atoms. The summed E-state index contributed by atoms with van der Waals surface area (Å²) in [5.41, 5.74) is 0.906. The number of hydrogen-bond acceptors (Lipinski definition) is 3. The zero-order valence-electron chi connectivity index (χ0n) is 8.68. The van der Waals surface area contributed by atoms with E-state index in [0.29, 0.717) is 5.25 Å². The molecule has 2 atom stereocenters. The molecule has 2 nitrogen and oxygen atoms in total. The van der Waals surface area contributed by atoms with Crippen molar-refractivity contribution in [1.82, 2.24) is 4.98 Å². The molecule has 14 heavy (non-hydrogen) atoms. The van der Waals surface area contributed by atoms with Gasteiger partial charge >= 0.3 is 0 Å². The van der Waals surface area contributed by atoms with Crippen molar-refractivity contribution in [3.05, 3.63) is 30.1 Å². The maximum absolute atomic E-state index is 9.80. The number of aliphatic hydroxyl groups is 1. The molecule has 0 aliphatic carbocycles. The number of hydrogen-bond donors (Lipinski definition) is 1. The largest absolute Gasteiger partial charge is 0.387 e. The predicted molar refractivity (Wildman–Crippen MR) is 61.4 cm³/mol. The molecule has 1 aromatic heterocycles. The predicted octanol–water partition coefficient (Wildman–Crippen LogP) is 2.65. The van der Waals surface area contributed by atoms with Gasteiger partial charge in [0, 0.05) is 23.4 Å². The lowest BCUT2D eigenvalue weighted by atomic mass is 10.2. The van der Waals surface area contributed by atoms with Gasteiger partial charge < -0.3 is 5.11 Å². The molecular weight excluding hydrogens is 194 g/mol. The summed E-state index contributed by atoms with van der Waals surface area (Å²) in [4.78, 5) is 3.98. The summed E-state index contributed by atoms with van der Waals surface area (Å²) < 4.78 is 0. The highest BCUT2D eigenvalue weighted by molar-refractivity contribution is 7.99. The van der Waals surface area contributed by atoms with Gasteiger partial charge in [0.15, 0.2) is 0 Å². The zero-order valence-corrected chi connectivity index (χ0v) is 9.50. The first kappa shape index (κ1) is 11.5. The van der Waals surface area contributed by atoms with Gasteiger partial charge in [0.1, 0.15) is 0 Å². The Hall–Kier alpha value is -0.540. The van der Waals surface area contributed by atoms with E-state index in [1.807, 2.05) is 12.1 Å². The number of pyridine rings is 1. The Morgan fingerprint density at radius 1 is 1.57 bits per heavy atom. The molecule has 3 heteroatoms. The smallest absolute Gasteiger partial charge is 0.0895 e. The second-order valence-electron chi connectivity index (χ2n) is 3.35. The molecule has 0 aliphatic heterocycles. The quantitative estimate of drug-likeness (QED) is 0.812. The van der Waals surface area contributed by atoms with Crippen molar-refractivity contribution in [2.24, 2.45) is 0 Å². The van der Waals surface area contributed by atoms with Crippen LogP contribution in [0.25, 0.3) is 0 Å². The van der Waals surface area contributed by atoms with Gasteiger partial charge in [0.25, 0.3) is 0 Å². The van der Waals surface area contributed by atoms with Crippen LogP contribution in [0.1, 0.15) is 31.9 Å². The number of aliphatic hydroxyl groups excluding tert-OH is 1. The lowest BCUT2D eigenvalue weighted by molar-refractivity contribution is 0.203. The summed E-state index contributed by atoms with van der Waals surface area (Å²) in [6.45, 7) is 4.34. The standard InChI is InChI=1S/C11H17NOS/c1-3-9(2)14-8-11(13)10-5-4-6-12-7-10/h4-7,9,11,13H,3,8H2,1-2H3. The highest BCUT2D eigenvalue weighted by atomic mass is 32.2. The number of nitrogens with zero attached hydrogens (tertiary/aromatic N) is 1. The molecular formula is C11H17NOS. The average molecular weight is 211 g/mol. The highest BCUT2D eigenvalue weighted by Gasteiger charge is 2.09. The minimum atomic E-state index is -0.386. The van der Waals surface area contributed by atoms with Gasteiger partial charge in [-0.05, 0) is 18.1 Å². The van der Waals surface area contributed by atoms with Gasteiger partial charge in [0.2, 0.25) is 0 Å². The van der Waals surface area contributed by atoms with Crippen LogP contribution >= 0.6 is 11.8 Å². The van der Waals surface area contributed by atoms with Crippen LogP contribution in [-0.2, 0) is 0 Å². The van der Waals surface area contributed by atoms with Crippen molar-refractivity contribution in [1.29, 1.82) is 0 Å². The number of rotatable bonds is 5. The second-order valence-corrected chi connectivity index (χ2v) is 4.83. The molecule has 1 heterocycles. The molecule has 78 valence electrons. The molecule has 1 rings (SSSR count). The third kappa shape index (κ3) is 3.68. The fraction of sp³-hybridized carbons (Fsp3) is 0.545. The SMILES string of the molecule is CCC(C)SCC(O)c1cccnc1. The van der Waals surface area contributed by atoms with Crippen molar-refractivity contribution in [2.75, 3.05) is 5.75 Å². The minimum Gasteiger partial charge on any atom is -0.387 e. The molecule has 2 unspecified atom stereocenters. The van der Waals surface area contributed by atoms with Crippen molar-refractivity contribution in [2.45, 2.75) is 31.6 Å². The van der Waals surface area contributed by atoms with Crippen LogP contribution in [0.3, 0.4) is 0 Å². The maximum Gasteiger partial charge on any atom is 0.0895 e. The Labute approximate surface area is 89.8 Å². The van der Waals surface area contributed by atoms with E-state index >= 15 is 0 Å². The Kier molecular flexibility index (Phi) is 4.98. The molecule has 0 saturated heterocycles. The van der Waals surface area contributed by atoms with Crippen LogP contribution < -0.4 is 0 Å². The Morgan fingerprint density at radius 3 is 2.93 bits per heavy atom. The lowest BCUT2D eigenvalue weighted by Crippen LogP contribution is -2.04. The topological polar surface area (TPSA) is 33.1 Å². The van der Waals surface area contributed by atoms with Crippen molar-refractivity contribution in [3.63, 3.8) is 0 Å². The van der Waals surface area contributed by atoms with E-state index in [9.17, 15) is 5.11 Å². The van der Waals surface area contributed by atoms with Crippen LogP contribution in [0.2, 0.25) is 0 Å². The van der Waals surface area contributed by atoms with Crippen molar-refractivity contribution < 1.29 is 5.11 Å². The number of thioether (sulfide) groups is 1. The number of aromatic nitrogens is 1. The van der Waals surface area contributed by atoms with E-state index in [4.69, 9.17) is 0 Å². The van der Waals surface area contributed by atoms with E-state index in [-0.39, 0.29) is 6.10 Å². The summed E-state index contributed by atoms with van der Waals surface area (Å²) in [7, 11) is 0. The Balaban J connectivity index is 2.39. The normalized spacial score (nSPS) is 15.1. The van der Waals surface area contributed by atoms with E-state index in [0.717, 1.165) is 17.7 Å². The summed E-state index contributed by atoms with van der Waals surface area (Å²) in [6, 6.07) is 3.77. The first-order valence-electron chi connectivity index (χ1n) is 4.93. The van der Waals surface area contributed by atoms with E-state index in [1.165, 1.54) is 0 Å². The summed E-state index contributed by atoms with van der Waals surface area (Å²) in [5, 5.41) is 10.4. The Morgan fingerprint density at radius 2 is 2.36 bits per heavy atom. The summed E-state index contributed by atoms with van der Waals surface area (Å²) in [6.07, 6.45) is 4.20. The third-order valence-electron chi connectivity index (χ3n) is 2.18. The van der Waals surface area contributed by atoms with E-state index in [1.54, 1.807) is 24.2 Å². The summed E-state index contributed by atoms with van der Waals surface area (Å²) >= 11 is 1.80. The van der Waals surface area contributed by atoms with Crippen LogP contribution in [0, 0.1) is 0 Å². The molecule has 0 aliphatic rings. The van der Waals surface area contributed by atoms with Gasteiger partial charge in [-0.3, -0.25) is 4.98 Å². The molecule has 0 saturated carbocycles. The first-order valence-corrected chi connectivity index (χ1v) is 5.98. The van der Waals surface area contributed by atoms with Gasteiger partial charge in [-0.15, -0.1) is 0 Å². The van der Waals surface area contributed by atoms with Crippen LogP contribution in [-0.4, -0.2) is 21.1 Å². The van der Waals surface area contributed by atoms with E-state index in [2.05, 4.69) is 18.8 Å². The van der Waals surface area contributed by atoms with Gasteiger partial charge in [-0.2, -0.15) is 11.8 Å². The monoisotopic (exact) mass is 211 g/mol. The molecule has 0 fully saturated rings. The lowest BCUT2D eigenvalue weighted by Gasteiger charge is -2.13. The van der Waals surface area contributed by atoms with Crippen molar-refractivity contribution >= 4 is 11.8 Å². The fourth-order valence-electron chi connectivity index (χ4n) is 1.04. The third-order valence-corrected chi connectivity index (χ3v) is 3.59. The average Bonchev–Trinajstić information content (AvgIpc) is 2.26. The fourth-order valence-corrected chi connectivity index (χ4v) is 1.98. The zero-order chi connectivity index (χ0) is 10.4. The van der Waals surface area contributed by atoms with Crippen LogP contribution in [0.15, 0.2) is 24.5 Å².